The van der Waals surface area contributed by atoms with Crippen molar-refractivity contribution in [2.75, 3.05) is 18.6 Å². The highest BCUT2D eigenvalue weighted by atomic mass is 32.1. The summed E-state index contributed by atoms with van der Waals surface area (Å²) in [6.07, 6.45) is 3.08. The Kier molecular flexibility index (Phi) is 7.94. The van der Waals surface area contributed by atoms with Gasteiger partial charge in [-0.05, 0) is 43.2 Å². The lowest BCUT2D eigenvalue weighted by Gasteiger charge is -2.24. The molecule has 1 aliphatic rings. The third kappa shape index (κ3) is 5.22. The van der Waals surface area contributed by atoms with Gasteiger partial charge >= 0.3 is 0 Å². The Morgan fingerprint density at radius 2 is 1.90 bits per heavy atom. The Morgan fingerprint density at radius 1 is 1.15 bits per heavy atom. The molecule has 1 amide bonds. The first kappa shape index (κ1) is 28.1. The number of ketones is 2. The molecule has 0 saturated heterocycles. The highest BCUT2D eigenvalue weighted by molar-refractivity contribution is 7.17. The van der Waals surface area contributed by atoms with Crippen molar-refractivity contribution in [3.05, 3.63) is 81.8 Å². The lowest BCUT2D eigenvalue weighted by molar-refractivity contribution is -0.117. The maximum absolute atomic E-state index is 14.0. The minimum atomic E-state index is -1.02. The SMILES string of the molecule is CCCCCOc1ccc(C2C(C(=O)c3cc4cccc(OC)c4o3)=C(O)C(=O)N2c2nc(C)c(C(C)=O)s2)cc1. The van der Waals surface area contributed by atoms with Crippen LogP contribution in [-0.2, 0) is 4.79 Å². The first-order chi connectivity index (χ1) is 19.7. The second-order valence-electron chi connectivity index (χ2n) is 9.75. The number of aliphatic hydroxyl groups is 1. The van der Waals surface area contributed by atoms with E-state index >= 15 is 0 Å². The third-order valence-electron chi connectivity index (χ3n) is 6.93. The number of carbonyl (C=O) groups excluding carboxylic acids is 3. The van der Waals surface area contributed by atoms with Gasteiger partial charge in [0.05, 0.1) is 35.9 Å². The van der Waals surface area contributed by atoms with E-state index in [4.69, 9.17) is 13.9 Å². The molecule has 3 heterocycles. The number of aromatic nitrogens is 1. The number of carbonyl (C=O) groups is 3. The Bertz CT molecular complexity index is 1670. The Morgan fingerprint density at radius 3 is 2.56 bits per heavy atom. The van der Waals surface area contributed by atoms with Crippen LogP contribution in [0.3, 0.4) is 0 Å². The highest BCUT2D eigenvalue weighted by Gasteiger charge is 2.47. The van der Waals surface area contributed by atoms with Crippen molar-refractivity contribution in [2.45, 2.75) is 46.1 Å². The molecule has 5 rings (SSSR count). The Hall–Kier alpha value is -4.44. The normalized spacial score (nSPS) is 15.2. The topological polar surface area (TPSA) is 119 Å². The zero-order valence-corrected chi connectivity index (χ0v) is 24.0. The van der Waals surface area contributed by atoms with E-state index in [1.54, 1.807) is 55.5 Å². The zero-order chi connectivity index (χ0) is 29.3. The fraction of sp³-hybridized carbons (Fsp3) is 0.290. The van der Waals surface area contributed by atoms with E-state index in [0.29, 0.717) is 45.2 Å². The number of methoxy groups -OCH3 is 1. The molecular weight excluding hydrogens is 544 g/mol. The van der Waals surface area contributed by atoms with Gasteiger partial charge in [0.15, 0.2) is 33.8 Å². The van der Waals surface area contributed by atoms with Gasteiger partial charge in [0.25, 0.3) is 5.91 Å². The average molecular weight is 575 g/mol. The van der Waals surface area contributed by atoms with Gasteiger partial charge in [-0.3, -0.25) is 19.3 Å². The number of fused-ring (bicyclic) bond motifs is 1. The molecule has 0 bridgehead atoms. The predicted octanol–water partition coefficient (Wildman–Crippen LogP) is 6.76. The number of Topliss-reactive ketones (excluding diaryl/α,β-unsaturated/α-hetero) is 2. The molecule has 2 aromatic carbocycles. The number of amides is 1. The number of anilines is 1. The van der Waals surface area contributed by atoms with Crippen molar-refractivity contribution in [1.82, 2.24) is 4.98 Å². The number of rotatable bonds is 11. The van der Waals surface area contributed by atoms with Crippen molar-refractivity contribution < 1.29 is 33.4 Å². The summed E-state index contributed by atoms with van der Waals surface area (Å²) < 4.78 is 17.1. The van der Waals surface area contributed by atoms with Crippen molar-refractivity contribution in [3.8, 4) is 11.5 Å². The number of thiazole rings is 1. The number of para-hydroxylation sites is 1. The predicted molar refractivity (Wildman–Crippen MR) is 155 cm³/mol. The van der Waals surface area contributed by atoms with Crippen molar-refractivity contribution in [3.63, 3.8) is 0 Å². The van der Waals surface area contributed by atoms with Crippen LogP contribution in [0.2, 0.25) is 0 Å². The second-order valence-corrected chi connectivity index (χ2v) is 10.7. The van der Waals surface area contributed by atoms with Crippen LogP contribution < -0.4 is 14.4 Å². The molecule has 0 spiro atoms. The van der Waals surface area contributed by atoms with Gasteiger partial charge in [0, 0.05) is 12.3 Å². The molecule has 2 aromatic heterocycles. The van der Waals surface area contributed by atoms with Gasteiger partial charge in [-0.15, -0.1) is 0 Å². The van der Waals surface area contributed by atoms with E-state index in [1.807, 2.05) is 0 Å². The summed E-state index contributed by atoms with van der Waals surface area (Å²) in [7, 11) is 1.50. The van der Waals surface area contributed by atoms with Crippen LogP contribution in [0.1, 0.15) is 70.6 Å². The summed E-state index contributed by atoms with van der Waals surface area (Å²) in [6, 6.07) is 12.8. The van der Waals surface area contributed by atoms with Crippen LogP contribution in [0.25, 0.3) is 11.0 Å². The van der Waals surface area contributed by atoms with E-state index in [9.17, 15) is 19.5 Å². The Balaban J connectivity index is 1.58. The van der Waals surface area contributed by atoms with Crippen LogP contribution >= 0.6 is 11.3 Å². The number of ether oxygens (including phenoxy) is 2. The van der Waals surface area contributed by atoms with Crippen LogP contribution in [-0.4, -0.2) is 41.3 Å². The number of furan rings is 1. The molecule has 212 valence electrons. The number of hydrogen-bond acceptors (Lipinski definition) is 9. The van der Waals surface area contributed by atoms with E-state index < -0.39 is 23.5 Å². The number of aliphatic hydroxyl groups excluding tert-OH is 1. The van der Waals surface area contributed by atoms with Crippen LogP contribution in [0.4, 0.5) is 5.13 Å². The van der Waals surface area contributed by atoms with Gasteiger partial charge < -0.3 is 19.0 Å². The highest BCUT2D eigenvalue weighted by Crippen LogP contribution is 2.44. The second kappa shape index (κ2) is 11.6. The van der Waals surface area contributed by atoms with Gasteiger partial charge in [-0.2, -0.15) is 0 Å². The molecule has 1 aliphatic heterocycles. The first-order valence-electron chi connectivity index (χ1n) is 13.3. The number of benzene rings is 2. The van der Waals surface area contributed by atoms with E-state index in [2.05, 4.69) is 11.9 Å². The molecule has 0 saturated carbocycles. The monoisotopic (exact) mass is 574 g/mol. The van der Waals surface area contributed by atoms with Gasteiger partial charge in [0.1, 0.15) is 5.75 Å². The summed E-state index contributed by atoms with van der Waals surface area (Å²) in [5.74, 6) is -1.30. The molecule has 1 atom stereocenters. The minimum absolute atomic E-state index is 0.0543. The maximum Gasteiger partial charge on any atom is 0.296 e. The number of hydrogen-bond donors (Lipinski definition) is 1. The lowest BCUT2D eigenvalue weighted by Crippen LogP contribution is -2.31. The smallest absolute Gasteiger partial charge is 0.296 e. The molecule has 1 N–H and O–H groups in total. The molecule has 9 nitrogen and oxygen atoms in total. The van der Waals surface area contributed by atoms with E-state index in [1.165, 1.54) is 18.9 Å². The quantitative estimate of drug-likeness (QED) is 0.154. The minimum Gasteiger partial charge on any atom is -0.503 e. The van der Waals surface area contributed by atoms with E-state index in [-0.39, 0.29) is 22.2 Å². The summed E-state index contributed by atoms with van der Waals surface area (Å²) in [6.45, 7) is 5.80. The van der Waals surface area contributed by atoms with Gasteiger partial charge in [-0.25, -0.2) is 4.98 Å². The summed E-state index contributed by atoms with van der Waals surface area (Å²) >= 11 is 1.04. The zero-order valence-electron chi connectivity index (χ0n) is 23.2. The molecular formula is C31H30N2O7S. The van der Waals surface area contributed by atoms with Gasteiger partial charge in [-0.1, -0.05) is 55.4 Å². The van der Waals surface area contributed by atoms with Crippen LogP contribution in [0, 0.1) is 6.92 Å². The number of aryl methyl sites for hydroxylation is 1. The lowest BCUT2D eigenvalue weighted by atomic mass is 9.95. The van der Waals surface area contributed by atoms with Gasteiger partial charge in [0.2, 0.25) is 5.78 Å². The molecule has 1 unspecified atom stereocenters. The Labute approximate surface area is 241 Å². The molecule has 0 radical (unpaired) electrons. The van der Waals surface area contributed by atoms with Crippen molar-refractivity contribution in [1.29, 1.82) is 0 Å². The average Bonchev–Trinajstić information content (AvgIpc) is 3.65. The molecule has 0 aliphatic carbocycles. The van der Waals surface area contributed by atoms with Crippen LogP contribution in [0.5, 0.6) is 11.5 Å². The summed E-state index contributed by atoms with van der Waals surface area (Å²) in [5.41, 5.74) is 1.24. The standard InChI is InChI=1S/C31H30N2O7S/c1-5-6-7-15-39-21-13-11-19(12-14-21)25-24(26(35)23-16-20-9-8-10-22(38-4)28(20)40-23)27(36)30(37)33(25)31-32-17(2)29(41-31)18(3)34/h8-14,16,25,36H,5-7,15H2,1-4H3. The first-order valence-corrected chi connectivity index (χ1v) is 14.2. The molecule has 41 heavy (non-hydrogen) atoms. The van der Waals surface area contributed by atoms with Crippen LogP contribution in [0.15, 0.2) is 64.3 Å². The number of nitrogens with zero attached hydrogens (tertiary/aromatic N) is 2. The summed E-state index contributed by atoms with van der Waals surface area (Å²) in [4.78, 5) is 45.8. The third-order valence-corrected chi connectivity index (χ3v) is 8.19. The van der Waals surface area contributed by atoms with Crippen molar-refractivity contribution in [2.24, 2.45) is 0 Å². The largest absolute Gasteiger partial charge is 0.503 e. The summed E-state index contributed by atoms with van der Waals surface area (Å²) in [5, 5.41) is 12.0. The maximum atomic E-state index is 14.0. The fourth-order valence-corrected chi connectivity index (χ4v) is 5.88. The number of unbranched alkanes of at least 4 members (excludes halogenated alkanes) is 2. The molecule has 4 aromatic rings. The van der Waals surface area contributed by atoms with Crippen molar-refractivity contribution >= 4 is 44.9 Å². The van der Waals surface area contributed by atoms with E-state index in [0.717, 1.165) is 30.6 Å². The molecule has 0 fully saturated rings. The fourth-order valence-electron chi connectivity index (χ4n) is 4.89. The molecule has 10 heteroatoms.